The molecule has 132 valence electrons. The average Bonchev–Trinajstić information content (AvgIpc) is 2.68. The van der Waals surface area contributed by atoms with Crippen molar-refractivity contribution in [1.82, 2.24) is 0 Å². The van der Waals surface area contributed by atoms with Crippen LogP contribution in [0.4, 0.5) is 17.1 Å². The topological polar surface area (TPSA) is 91.1 Å². The number of carboxylic acids is 1. The number of benzene rings is 2. The number of rotatable bonds is 5. The predicted octanol–water partition coefficient (Wildman–Crippen LogP) is 4.71. The van der Waals surface area contributed by atoms with Crippen molar-refractivity contribution >= 4 is 28.9 Å². The Bertz CT molecular complexity index is 829. The highest BCUT2D eigenvalue weighted by Crippen LogP contribution is 2.28. The van der Waals surface area contributed by atoms with Crippen LogP contribution in [0.5, 0.6) is 0 Å². The van der Waals surface area contributed by atoms with Crippen LogP contribution in [0.3, 0.4) is 0 Å². The lowest BCUT2D eigenvalue weighted by atomic mass is 9.82. The molecule has 0 heterocycles. The molecule has 26 heavy (non-hydrogen) atoms. The van der Waals surface area contributed by atoms with E-state index in [9.17, 15) is 14.7 Å². The van der Waals surface area contributed by atoms with E-state index >= 15 is 0 Å². The molecule has 6 nitrogen and oxygen atoms in total. The van der Waals surface area contributed by atoms with E-state index in [-0.39, 0.29) is 5.91 Å². The molecule has 0 saturated carbocycles. The van der Waals surface area contributed by atoms with E-state index < -0.39 is 17.8 Å². The van der Waals surface area contributed by atoms with Crippen LogP contribution >= 0.6 is 0 Å². The van der Waals surface area contributed by atoms with Crippen LogP contribution < -0.4 is 5.32 Å². The number of anilines is 1. The zero-order valence-electron chi connectivity index (χ0n) is 14.1. The van der Waals surface area contributed by atoms with E-state index in [0.29, 0.717) is 24.2 Å². The van der Waals surface area contributed by atoms with Gasteiger partial charge in [-0.05, 0) is 49.2 Å². The number of allylic oxidation sites excluding steroid dienone is 2. The predicted molar refractivity (Wildman–Crippen MR) is 98.7 cm³/mol. The van der Waals surface area contributed by atoms with Crippen molar-refractivity contribution in [2.45, 2.75) is 12.8 Å². The molecule has 0 aliphatic heterocycles. The quantitative estimate of drug-likeness (QED) is 0.605. The maximum absolute atomic E-state index is 12.4. The normalized spacial score (nSPS) is 19.4. The Kier molecular flexibility index (Phi) is 5.53. The number of carbonyl (C=O) groups is 2. The summed E-state index contributed by atoms with van der Waals surface area (Å²) in [6, 6.07) is 16.3. The lowest BCUT2D eigenvalue weighted by Gasteiger charge is -2.24. The van der Waals surface area contributed by atoms with Crippen LogP contribution in [0.25, 0.3) is 0 Å². The number of aliphatic carboxylic acids is 1. The van der Waals surface area contributed by atoms with Gasteiger partial charge in [-0.3, -0.25) is 9.59 Å². The van der Waals surface area contributed by atoms with Crippen molar-refractivity contribution in [3.8, 4) is 0 Å². The van der Waals surface area contributed by atoms with Gasteiger partial charge in [0.25, 0.3) is 0 Å². The van der Waals surface area contributed by atoms with Gasteiger partial charge in [-0.1, -0.05) is 30.4 Å². The maximum atomic E-state index is 12.4. The van der Waals surface area contributed by atoms with Crippen molar-refractivity contribution in [3.63, 3.8) is 0 Å². The largest absolute Gasteiger partial charge is 0.481 e. The number of carbonyl (C=O) groups excluding carboxylic acids is 1. The number of nitrogens with one attached hydrogen (secondary N) is 1. The zero-order valence-corrected chi connectivity index (χ0v) is 14.1. The van der Waals surface area contributed by atoms with E-state index in [0.717, 1.165) is 5.69 Å². The monoisotopic (exact) mass is 349 g/mol. The number of hydrogen-bond acceptors (Lipinski definition) is 4. The molecule has 2 aromatic rings. The van der Waals surface area contributed by atoms with Crippen LogP contribution in [-0.4, -0.2) is 17.0 Å². The van der Waals surface area contributed by atoms with Gasteiger partial charge in [0.05, 0.1) is 23.2 Å². The lowest BCUT2D eigenvalue weighted by Crippen LogP contribution is -2.34. The van der Waals surface area contributed by atoms with E-state index in [2.05, 4.69) is 15.5 Å². The van der Waals surface area contributed by atoms with Crippen molar-refractivity contribution in [1.29, 1.82) is 0 Å². The fraction of sp³-hybridized carbons (Fsp3) is 0.200. The van der Waals surface area contributed by atoms with E-state index in [1.54, 1.807) is 24.3 Å². The third-order valence-corrected chi connectivity index (χ3v) is 4.26. The van der Waals surface area contributed by atoms with Gasteiger partial charge in [-0.2, -0.15) is 10.2 Å². The average molecular weight is 349 g/mol. The summed E-state index contributed by atoms with van der Waals surface area (Å²) in [6.45, 7) is 0. The number of nitrogens with zero attached hydrogens (tertiary/aromatic N) is 2. The maximum Gasteiger partial charge on any atom is 0.307 e. The summed E-state index contributed by atoms with van der Waals surface area (Å²) in [4.78, 5) is 23.7. The molecule has 2 unspecified atom stereocenters. The van der Waals surface area contributed by atoms with Crippen LogP contribution in [-0.2, 0) is 9.59 Å². The molecule has 0 spiro atoms. The Labute approximate surface area is 151 Å². The van der Waals surface area contributed by atoms with E-state index in [4.69, 9.17) is 0 Å². The molecule has 6 heteroatoms. The van der Waals surface area contributed by atoms with Crippen LogP contribution in [0.1, 0.15) is 12.8 Å². The van der Waals surface area contributed by atoms with Crippen molar-refractivity contribution < 1.29 is 14.7 Å². The number of hydrogen-bond donors (Lipinski definition) is 2. The Balaban J connectivity index is 1.63. The van der Waals surface area contributed by atoms with Crippen molar-refractivity contribution in [2.75, 3.05) is 5.32 Å². The third-order valence-electron chi connectivity index (χ3n) is 4.26. The first-order valence-corrected chi connectivity index (χ1v) is 8.39. The molecule has 0 radical (unpaired) electrons. The molecule has 3 rings (SSSR count). The lowest BCUT2D eigenvalue weighted by molar-refractivity contribution is -0.146. The number of amides is 1. The highest BCUT2D eigenvalue weighted by molar-refractivity contribution is 5.95. The molecule has 0 fully saturated rings. The molecular formula is C20H19N3O3. The summed E-state index contributed by atoms with van der Waals surface area (Å²) in [7, 11) is 0. The minimum Gasteiger partial charge on any atom is -0.481 e. The summed E-state index contributed by atoms with van der Waals surface area (Å²) in [6.07, 6.45) is 4.49. The van der Waals surface area contributed by atoms with Gasteiger partial charge in [0.15, 0.2) is 0 Å². The van der Waals surface area contributed by atoms with Gasteiger partial charge in [0.2, 0.25) is 5.91 Å². The second-order valence-corrected chi connectivity index (χ2v) is 6.07. The van der Waals surface area contributed by atoms with Gasteiger partial charge in [-0.25, -0.2) is 0 Å². The SMILES string of the molecule is O=C(O)C1CC=CCC1C(=O)Nc1ccc(N=Nc2ccccc2)cc1. The summed E-state index contributed by atoms with van der Waals surface area (Å²) in [5.41, 5.74) is 2.03. The van der Waals surface area contributed by atoms with E-state index in [1.807, 2.05) is 42.5 Å². The van der Waals surface area contributed by atoms with Gasteiger partial charge >= 0.3 is 5.97 Å². The smallest absolute Gasteiger partial charge is 0.307 e. The van der Waals surface area contributed by atoms with Gasteiger partial charge in [-0.15, -0.1) is 0 Å². The Morgan fingerprint density at radius 3 is 2.04 bits per heavy atom. The third kappa shape index (κ3) is 4.42. The first kappa shape index (κ1) is 17.5. The molecule has 1 aliphatic rings. The molecule has 2 aromatic carbocycles. The summed E-state index contributed by atoms with van der Waals surface area (Å²) >= 11 is 0. The minimum atomic E-state index is -0.939. The first-order chi connectivity index (χ1) is 12.6. The minimum absolute atomic E-state index is 0.277. The molecule has 1 amide bonds. The van der Waals surface area contributed by atoms with Crippen molar-refractivity contribution in [2.24, 2.45) is 22.1 Å². The first-order valence-electron chi connectivity index (χ1n) is 8.39. The fourth-order valence-electron chi connectivity index (χ4n) is 2.83. The summed E-state index contributed by atoms with van der Waals surface area (Å²) in [5.74, 6) is -2.46. The van der Waals surface area contributed by atoms with Crippen molar-refractivity contribution in [3.05, 3.63) is 66.7 Å². The highest BCUT2D eigenvalue weighted by Gasteiger charge is 2.33. The van der Waals surface area contributed by atoms with Crippen LogP contribution in [0.2, 0.25) is 0 Å². The van der Waals surface area contributed by atoms with Gasteiger partial charge in [0.1, 0.15) is 0 Å². The molecule has 1 aliphatic carbocycles. The van der Waals surface area contributed by atoms with Gasteiger partial charge < -0.3 is 10.4 Å². The second-order valence-electron chi connectivity index (χ2n) is 6.07. The number of carboxylic acid groups (broad SMARTS) is 1. The Morgan fingerprint density at radius 1 is 0.846 bits per heavy atom. The standard InChI is InChI=1S/C20H19N3O3/c24-19(17-8-4-5-9-18(17)20(25)26)21-14-10-12-16(13-11-14)23-22-15-6-2-1-3-7-15/h1-7,10-13,17-18H,8-9H2,(H,21,24)(H,25,26). The Morgan fingerprint density at radius 2 is 1.42 bits per heavy atom. The van der Waals surface area contributed by atoms with Crippen LogP contribution in [0, 0.1) is 11.8 Å². The van der Waals surface area contributed by atoms with E-state index in [1.165, 1.54) is 0 Å². The molecule has 0 aromatic heterocycles. The Hall–Kier alpha value is -3.28. The molecule has 2 atom stereocenters. The molecule has 0 saturated heterocycles. The molecular weight excluding hydrogens is 330 g/mol. The fourth-order valence-corrected chi connectivity index (χ4v) is 2.83. The van der Waals surface area contributed by atoms with Crippen LogP contribution in [0.15, 0.2) is 77.0 Å². The molecule has 2 N–H and O–H groups in total. The zero-order chi connectivity index (χ0) is 18.4. The summed E-state index contributed by atoms with van der Waals surface area (Å²) < 4.78 is 0. The van der Waals surface area contributed by atoms with Gasteiger partial charge in [0, 0.05) is 5.69 Å². The number of azo groups is 1. The molecule has 0 bridgehead atoms. The summed E-state index contributed by atoms with van der Waals surface area (Å²) in [5, 5.41) is 20.3. The highest BCUT2D eigenvalue weighted by atomic mass is 16.4. The second kappa shape index (κ2) is 8.20.